The first-order valence-electron chi connectivity index (χ1n) is 13.1. The Hall–Kier alpha value is -3.47. The molecule has 0 saturated carbocycles. The van der Waals surface area contributed by atoms with Gasteiger partial charge in [-0.25, -0.2) is 4.79 Å². The van der Waals surface area contributed by atoms with Crippen molar-refractivity contribution < 1.29 is 22.0 Å². The van der Waals surface area contributed by atoms with Crippen LogP contribution in [0.5, 0.6) is 0 Å². The van der Waals surface area contributed by atoms with Gasteiger partial charge in [0.05, 0.1) is 16.7 Å². The molecule has 0 atom stereocenters. The Morgan fingerprint density at radius 3 is 2.74 bits per heavy atom. The molecule has 1 aliphatic carbocycles. The molecule has 2 heterocycles. The molecule has 5 rings (SSSR count). The van der Waals surface area contributed by atoms with E-state index in [2.05, 4.69) is 48.5 Å². The number of fused-ring (bicyclic) bond motifs is 3. The number of hydrogen-bond acceptors (Lipinski definition) is 4. The predicted molar refractivity (Wildman–Crippen MR) is 151 cm³/mol. The third-order valence-corrected chi connectivity index (χ3v) is 8.26. The molecule has 6 nitrogen and oxygen atoms in total. The molecule has 2 aromatic carbocycles. The lowest BCUT2D eigenvalue weighted by molar-refractivity contribution is -0.438. The molecule has 2 aliphatic rings. The molecular weight excluding hydrogens is 498 g/mol. The maximum absolute atomic E-state index is 12.9. The van der Waals surface area contributed by atoms with E-state index in [-0.39, 0.29) is 11.2 Å². The SMILES string of the molecule is CC1(C)C(C=Cc2cc3cc4c(cc3oc2=O)C#CCCCC4)=[N+](CCCCS(=O)(=O)O)c2ccccc21. The summed E-state index contributed by atoms with van der Waals surface area (Å²) in [6.45, 7) is 4.88. The van der Waals surface area contributed by atoms with Gasteiger partial charge in [0.15, 0.2) is 5.71 Å². The number of allylic oxidation sites excluding steroid dienone is 1. The van der Waals surface area contributed by atoms with Crippen LogP contribution in [0.1, 0.15) is 68.2 Å². The van der Waals surface area contributed by atoms with E-state index < -0.39 is 15.7 Å². The average molecular weight is 531 g/mol. The fourth-order valence-electron chi connectivity index (χ4n) is 5.46. The van der Waals surface area contributed by atoms with Crippen LogP contribution in [0.25, 0.3) is 17.0 Å². The number of para-hydroxylation sites is 1. The molecule has 7 heteroatoms. The van der Waals surface area contributed by atoms with Gasteiger partial charge < -0.3 is 4.42 Å². The first-order valence-corrected chi connectivity index (χ1v) is 14.7. The number of hydrogen-bond donors (Lipinski definition) is 1. The van der Waals surface area contributed by atoms with Crippen molar-refractivity contribution in [3.05, 3.63) is 81.2 Å². The summed E-state index contributed by atoms with van der Waals surface area (Å²) >= 11 is 0. The highest BCUT2D eigenvalue weighted by Gasteiger charge is 2.43. The summed E-state index contributed by atoms with van der Waals surface area (Å²) in [7, 11) is -3.99. The van der Waals surface area contributed by atoms with Crippen molar-refractivity contribution in [3.63, 3.8) is 0 Å². The lowest BCUT2D eigenvalue weighted by Gasteiger charge is -2.15. The zero-order valence-corrected chi connectivity index (χ0v) is 22.6. The Morgan fingerprint density at radius 2 is 1.92 bits per heavy atom. The van der Waals surface area contributed by atoms with Crippen LogP contribution in [-0.4, -0.2) is 35.6 Å². The van der Waals surface area contributed by atoms with Crippen LogP contribution in [0, 0.1) is 11.8 Å². The van der Waals surface area contributed by atoms with Crippen molar-refractivity contribution in [2.45, 2.75) is 57.8 Å². The number of aryl methyl sites for hydroxylation is 1. The van der Waals surface area contributed by atoms with Crippen LogP contribution in [0.15, 0.2) is 57.8 Å². The summed E-state index contributed by atoms with van der Waals surface area (Å²) in [4.78, 5) is 12.9. The molecule has 0 spiro atoms. The molecule has 0 fully saturated rings. The van der Waals surface area contributed by atoms with Crippen molar-refractivity contribution in [1.29, 1.82) is 0 Å². The monoisotopic (exact) mass is 530 g/mol. The third-order valence-electron chi connectivity index (χ3n) is 7.46. The molecule has 1 N–H and O–H groups in total. The van der Waals surface area contributed by atoms with Gasteiger partial charge >= 0.3 is 5.63 Å². The van der Waals surface area contributed by atoms with Gasteiger partial charge in [-0.05, 0) is 69.4 Å². The molecule has 38 heavy (non-hydrogen) atoms. The van der Waals surface area contributed by atoms with Crippen LogP contribution in [0.4, 0.5) is 5.69 Å². The van der Waals surface area contributed by atoms with E-state index in [9.17, 15) is 13.2 Å². The van der Waals surface area contributed by atoms with Crippen molar-refractivity contribution in [2.75, 3.05) is 12.3 Å². The van der Waals surface area contributed by atoms with Gasteiger partial charge in [-0.3, -0.25) is 4.55 Å². The van der Waals surface area contributed by atoms with Crippen molar-refractivity contribution >= 4 is 38.6 Å². The normalized spacial score (nSPS) is 16.6. The highest BCUT2D eigenvalue weighted by molar-refractivity contribution is 7.85. The maximum atomic E-state index is 12.9. The van der Waals surface area contributed by atoms with E-state index in [0.29, 0.717) is 30.5 Å². The van der Waals surface area contributed by atoms with Crippen LogP contribution in [-0.2, 0) is 22.0 Å². The van der Waals surface area contributed by atoms with Gasteiger partial charge in [-0.2, -0.15) is 13.0 Å². The fourth-order valence-corrected chi connectivity index (χ4v) is 6.03. The van der Waals surface area contributed by atoms with Crippen LogP contribution in [0.2, 0.25) is 0 Å². The molecule has 0 radical (unpaired) electrons. The molecule has 0 saturated heterocycles. The summed E-state index contributed by atoms with van der Waals surface area (Å²) in [5.41, 5.74) is 5.67. The fraction of sp³-hybridized carbons (Fsp3) is 0.355. The second-order valence-corrected chi connectivity index (χ2v) is 12.1. The summed E-state index contributed by atoms with van der Waals surface area (Å²) in [5, 5.41) is 0.881. The first-order chi connectivity index (χ1) is 18.1. The van der Waals surface area contributed by atoms with Gasteiger partial charge in [0.25, 0.3) is 10.1 Å². The largest absolute Gasteiger partial charge is 0.422 e. The van der Waals surface area contributed by atoms with E-state index >= 15 is 0 Å². The van der Waals surface area contributed by atoms with Crippen molar-refractivity contribution in [3.8, 4) is 11.8 Å². The summed E-state index contributed by atoms with van der Waals surface area (Å²) < 4.78 is 39.3. The van der Waals surface area contributed by atoms with Gasteiger partial charge in [0, 0.05) is 41.5 Å². The number of benzene rings is 2. The Kier molecular flexibility index (Phi) is 7.13. The van der Waals surface area contributed by atoms with E-state index in [4.69, 9.17) is 8.97 Å². The Morgan fingerprint density at radius 1 is 1.11 bits per heavy atom. The van der Waals surface area contributed by atoms with Gasteiger partial charge in [0.2, 0.25) is 5.69 Å². The summed E-state index contributed by atoms with van der Waals surface area (Å²) in [6, 6.07) is 14.0. The van der Waals surface area contributed by atoms with Crippen LogP contribution in [0.3, 0.4) is 0 Å². The standard InChI is InChI=1S/C31H31NO5S/c1-31(2)26-13-7-8-14-27(26)32(17-9-10-18-38(34,35)36)29(31)16-15-24-20-25-19-22-11-5-3-4-6-12-23(22)21-28(25)37-30(24)33/h7-8,13-16,19-21H,3-5,9-11,17-18H2,1-2H3/p+1. The van der Waals surface area contributed by atoms with E-state index in [1.807, 2.05) is 36.4 Å². The quantitative estimate of drug-likeness (QED) is 0.141. The number of rotatable bonds is 7. The highest BCUT2D eigenvalue weighted by atomic mass is 32.2. The average Bonchev–Trinajstić information content (AvgIpc) is 3.06. The highest BCUT2D eigenvalue weighted by Crippen LogP contribution is 2.40. The van der Waals surface area contributed by atoms with E-state index in [1.165, 1.54) is 11.1 Å². The number of unbranched alkanes of at least 4 members (excludes halogenated alkanes) is 1. The molecule has 0 unspecified atom stereocenters. The lowest BCUT2D eigenvalue weighted by atomic mass is 9.81. The zero-order valence-electron chi connectivity index (χ0n) is 21.8. The maximum Gasteiger partial charge on any atom is 0.343 e. The second kappa shape index (κ2) is 10.4. The molecule has 1 aromatic heterocycles. The van der Waals surface area contributed by atoms with Gasteiger partial charge in [0.1, 0.15) is 12.1 Å². The number of nitrogens with zero attached hydrogens (tertiary/aromatic N) is 1. The molecule has 0 bridgehead atoms. The topological polar surface area (TPSA) is 87.6 Å². The smallest absolute Gasteiger partial charge is 0.343 e. The van der Waals surface area contributed by atoms with Crippen LogP contribution >= 0.6 is 0 Å². The molecule has 3 aromatic rings. The Labute approximate surface area is 223 Å². The minimum atomic E-state index is -3.99. The summed E-state index contributed by atoms with van der Waals surface area (Å²) in [6.07, 6.45) is 8.76. The third kappa shape index (κ3) is 5.38. The van der Waals surface area contributed by atoms with Crippen molar-refractivity contribution in [2.24, 2.45) is 0 Å². The zero-order chi connectivity index (χ0) is 26.9. The minimum absolute atomic E-state index is 0.259. The predicted octanol–water partition coefficient (Wildman–Crippen LogP) is 5.63. The molecule has 0 amide bonds. The van der Waals surface area contributed by atoms with Crippen molar-refractivity contribution in [1.82, 2.24) is 0 Å². The molecular formula is C31H32NO5S+. The first kappa shape index (κ1) is 26.1. The second-order valence-electron chi connectivity index (χ2n) is 10.6. The van der Waals surface area contributed by atoms with Gasteiger partial charge in [-0.15, -0.1) is 0 Å². The van der Waals surface area contributed by atoms with Crippen LogP contribution < -0.4 is 5.63 Å². The Bertz CT molecular complexity index is 1700. The molecule has 196 valence electrons. The van der Waals surface area contributed by atoms with Gasteiger partial charge in [-0.1, -0.05) is 30.0 Å². The van der Waals surface area contributed by atoms with E-state index in [0.717, 1.165) is 48.0 Å². The van der Waals surface area contributed by atoms with E-state index in [1.54, 1.807) is 0 Å². The lowest BCUT2D eigenvalue weighted by Crippen LogP contribution is -2.28. The minimum Gasteiger partial charge on any atom is -0.422 e. The Balaban J connectivity index is 1.51. The summed E-state index contributed by atoms with van der Waals surface area (Å²) in [5.74, 6) is 6.16. The molecule has 1 aliphatic heterocycles.